The van der Waals surface area contributed by atoms with Gasteiger partial charge in [0.25, 0.3) is 0 Å². The Morgan fingerprint density at radius 1 is 0.941 bits per heavy atom. The summed E-state index contributed by atoms with van der Waals surface area (Å²) in [6, 6.07) is 0. The molecule has 0 heterocycles. The smallest absolute Gasteiger partial charge is 0.331 e. The fraction of sp³-hybridized carbons (Fsp3) is 0.700. The lowest BCUT2D eigenvalue weighted by atomic mass is 9.62. The molecule has 0 amide bonds. The molecule has 7 heteroatoms. The van der Waals surface area contributed by atoms with Gasteiger partial charge >= 0.3 is 5.97 Å². The average Bonchev–Trinajstić information content (AvgIpc) is 2.35. The molecule has 1 N–H and O–H groups in total. The number of carbonyl (C=O) groups is 1. The highest BCUT2D eigenvalue weighted by molar-refractivity contribution is 5.87. The Kier molecular flexibility index (Phi) is 5.57. The van der Waals surface area contributed by atoms with Crippen molar-refractivity contribution in [2.45, 2.75) is 0 Å². The molecule has 0 unspecified atom stereocenters. The van der Waals surface area contributed by atoms with Crippen LogP contribution in [-0.2, 0) is 4.79 Å². The minimum absolute atomic E-state index is 1.07. The van der Waals surface area contributed by atoms with Crippen molar-refractivity contribution in [3.05, 3.63) is 12.2 Å². The molecule has 0 saturated carbocycles. The maximum absolute atomic E-state index is 12.9. The van der Waals surface area contributed by atoms with Crippen molar-refractivity contribution in [3.8, 4) is 0 Å². The van der Waals surface area contributed by atoms with Gasteiger partial charge in [-0.1, -0.05) is 6.58 Å². The zero-order chi connectivity index (χ0) is 13.7. The molecule has 0 atom stereocenters. The van der Waals surface area contributed by atoms with Crippen LogP contribution in [0.25, 0.3) is 0 Å². The highest BCUT2D eigenvalue weighted by Crippen LogP contribution is 2.47. The Bertz CT molecular complexity index is 276. The normalized spacial score (nSPS) is 12.5. The molecule has 0 aromatic rings. The first-order valence-electron chi connectivity index (χ1n) is 4.64. The molecule has 0 radical (unpaired) electrons. The van der Waals surface area contributed by atoms with Gasteiger partial charge in [-0.05, 0) is 0 Å². The van der Waals surface area contributed by atoms with Crippen LogP contribution in [0.5, 0.6) is 0 Å². The number of hydrogen-bond acceptors (Lipinski definition) is 1. The second-order valence-electron chi connectivity index (χ2n) is 3.81. The predicted octanol–water partition coefficient (Wildman–Crippen LogP) is 2.45. The first-order valence-corrected chi connectivity index (χ1v) is 4.64. The lowest BCUT2D eigenvalue weighted by Gasteiger charge is -2.42. The highest BCUT2D eigenvalue weighted by Gasteiger charge is 2.56. The van der Waals surface area contributed by atoms with E-state index in [0.717, 1.165) is 0 Å². The van der Waals surface area contributed by atoms with Crippen LogP contribution in [0.1, 0.15) is 0 Å². The second kappa shape index (κ2) is 5.97. The molecular formula is C10H13F5O2. The largest absolute Gasteiger partial charge is 0.478 e. The lowest BCUT2D eigenvalue weighted by molar-refractivity contribution is -0.137. The van der Waals surface area contributed by atoms with E-state index < -0.39 is 55.7 Å². The number of hydrogen-bond donors (Lipinski definition) is 1. The van der Waals surface area contributed by atoms with Gasteiger partial charge in [-0.15, -0.1) is 0 Å². The number of alkyl halides is 5. The maximum atomic E-state index is 12.9. The van der Waals surface area contributed by atoms with Gasteiger partial charge in [0.1, 0.15) is 33.4 Å². The molecule has 0 aliphatic heterocycles. The molecule has 0 spiro atoms. The average molecular weight is 260 g/mol. The van der Waals surface area contributed by atoms with Crippen LogP contribution in [0.3, 0.4) is 0 Å². The van der Waals surface area contributed by atoms with Crippen molar-refractivity contribution < 1.29 is 31.9 Å². The summed E-state index contributed by atoms with van der Waals surface area (Å²) in [7, 11) is 0. The predicted molar refractivity (Wildman–Crippen MR) is 51.5 cm³/mol. The van der Waals surface area contributed by atoms with Gasteiger partial charge in [0, 0.05) is 5.57 Å². The lowest BCUT2D eigenvalue weighted by Crippen LogP contribution is -2.53. The number of carboxylic acid groups (broad SMARTS) is 1. The summed E-state index contributed by atoms with van der Waals surface area (Å²) in [5.41, 5.74) is -6.49. The van der Waals surface area contributed by atoms with Gasteiger partial charge in [0.05, 0.1) is 10.8 Å². The van der Waals surface area contributed by atoms with Crippen LogP contribution in [0, 0.1) is 10.8 Å². The third-order valence-corrected chi connectivity index (χ3v) is 3.07. The van der Waals surface area contributed by atoms with Crippen LogP contribution in [-0.4, -0.2) is 44.4 Å². The van der Waals surface area contributed by atoms with E-state index in [1.807, 2.05) is 0 Å². The summed E-state index contributed by atoms with van der Waals surface area (Å²) >= 11 is 0. The minimum Gasteiger partial charge on any atom is -0.478 e. The molecule has 0 rings (SSSR count). The SMILES string of the molecule is C=C(C(=O)O)C(CF)(CF)C(CF)(CF)CF. The zero-order valence-electron chi connectivity index (χ0n) is 8.99. The number of carboxylic acids is 1. The summed E-state index contributed by atoms with van der Waals surface area (Å²) in [4.78, 5) is 10.7. The molecule has 0 aliphatic carbocycles. The molecule has 0 aromatic carbocycles. The van der Waals surface area contributed by atoms with Crippen molar-refractivity contribution in [1.29, 1.82) is 0 Å². The summed E-state index contributed by atoms with van der Waals surface area (Å²) < 4.78 is 64.1. The quantitative estimate of drug-likeness (QED) is 0.537. The van der Waals surface area contributed by atoms with Crippen LogP contribution in [0.15, 0.2) is 12.2 Å². The Balaban J connectivity index is 5.75. The number of rotatable bonds is 8. The molecule has 0 bridgehead atoms. The van der Waals surface area contributed by atoms with Crippen molar-refractivity contribution >= 4 is 5.97 Å². The van der Waals surface area contributed by atoms with Crippen LogP contribution < -0.4 is 0 Å². The Morgan fingerprint density at radius 2 is 1.29 bits per heavy atom. The third-order valence-electron chi connectivity index (χ3n) is 3.07. The molecule has 0 saturated heterocycles. The fourth-order valence-electron chi connectivity index (χ4n) is 1.50. The molecule has 2 nitrogen and oxygen atoms in total. The van der Waals surface area contributed by atoms with Crippen molar-refractivity contribution in [2.75, 3.05) is 33.4 Å². The standard InChI is InChI=1S/C10H13F5O2/c1-7(8(16)17)10(5-14,6-15)9(2-11,3-12)4-13/h1-6H2,(H,16,17). The van der Waals surface area contributed by atoms with Crippen LogP contribution >= 0.6 is 0 Å². The molecule has 0 aliphatic rings. The number of halogens is 5. The molecule has 100 valence electrons. The highest BCUT2D eigenvalue weighted by atomic mass is 19.2. The summed E-state index contributed by atoms with van der Waals surface area (Å²) in [6.45, 7) is -5.75. The van der Waals surface area contributed by atoms with Crippen molar-refractivity contribution in [2.24, 2.45) is 10.8 Å². The molecule has 0 aromatic heterocycles. The Labute approximate surface area is 95.1 Å². The zero-order valence-corrected chi connectivity index (χ0v) is 8.99. The second-order valence-corrected chi connectivity index (χ2v) is 3.81. The fourth-order valence-corrected chi connectivity index (χ4v) is 1.50. The maximum Gasteiger partial charge on any atom is 0.331 e. The van der Waals surface area contributed by atoms with E-state index >= 15 is 0 Å². The van der Waals surface area contributed by atoms with E-state index in [1.165, 1.54) is 0 Å². The van der Waals surface area contributed by atoms with Gasteiger partial charge in [0.15, 0.2) is 0 Å². The number of aliphatic carboxylic acids is 1. The van der Waals surface area contributed by atoms with E-state index in [4.69, 9.17) is 5.11 Å². The molecule has 17 heavy (non-hydrogen) atoms. The monoisotopic (exact) mass is 260 g/mol. The first-order chi connectivity index (χ1) is 7.91. The van der Waals surface area contributed by atoms with E-state index in [0.29, 0.717) is 0 Å². The van der Waals surface area contributed by atoms with Gasteiger partial charge in [-0.3, -0.25) is 13.2 Å². The molecular weight excluding hydrogens is 247 g/mol. The third kappa shape index (κ3) is 2.28. The summed E-state index contributed by atoms with van der Waals surface area (Å²) in [5.74, 6) is -1.82. The van der Waals surface area contributed by atoms with E-state index in [9.17, 15) is 26.7 Å². The van der Waals surface area contributed by atoms with Crippen LogP contribution in [0.4, 0.5) is 22.0 Å². The van der Waals surface area contributed by atoms with E-state index in [2.05, 4.69) is 6.58 Å². The minimum atomic E-state index is -2.73. The first kappa shape index (κ1) is 15.9. The van der Waals surface area contributed by atoms with Gasteiger partial charge in [-0.25, -0.2) is 13.6 Å². The Morgan fingerprint density at radius 3 is 1.47 bits per heavy atom. The van der Waals surface area contributed by atoms with E-state index in [1.54, 1.807) is 0 Å². The summed E-state index contributed by atoms with van der Waals surface area (Å²) in [6.07, 6.45) is 0. The summed E-state index contributed by atoms with van der Waals surface area (Å²) in [5, 5.41) is 8.63. The van der Waals surface area contributed by atoms with Gasteiger partial charge < -0.3 is 5.11 Å². The van der Waals surface area contributed by atoms with E-state index in [-0.39, 0.29) is 0 Å². The molecule has 0 fully saturated rings. The van der Waals surface area contributed by atoms with Crippen LogP contribution in [0.2, 0.25) is 0 Å². The van der Waals surface area contributed by atoms with Gasteiger partial charge in [0.2, 0.25) is 0 Å². The van der Waals surface area contributed by atoms with Crippen molar-refractivity contribution in [3.63, 3.8) is 0 Å². The van der Waals surface area contributed by atoms with Gasteiger partial charge in [-0.2, -0.15) is 0 Å². The Hall–Kier alpha value is -1.14. The van der Waals surface area contributed by atoms with Crippen molar-refractivity contribution in [1.82, 2.24) is 0 Å². The topological polar surface area (TPSA) is 37.3 Å².